The summed E-state index contributed by atoms with van der Waals surface area (Å²) >= 11 is 0. The average molecular weight is 350 g/mol. The third-order valence-corrected chi connectivity index (χ3v) is 5.31. The van der Waals surface area contributed by atoms with Crippen molar-refractivity contribution in [2.45, 2.75) is 45.4 Å². The third-order valence-electron chi connectivity index (χ3n) is 5.31. The molecule has 0 aromatic heterocycles. The topological polar surface area (TPSA) is 60.9 Å². The van der Waals surface area contributed by atoms with Gasteiger partial charge < -0.3 is 14.9 Å². The van der Waals surface area contributed by atoms with Crippen molar-refractivity contribution in [2.75, 3.05) is 0 Å². The molecule has 4 rings (SSSR count). The summed E-state index contributed by atoms with van der Waals surface area (Å²) in [4.78, 5) is 28.9. The summed E-state index contributed by atoms with van der Waals surface area (Å²) in [5, 5.41) is 9.64. The summed E-state index contributed by atoms with van der Waals surface area (Å²) in [6.07, 6.45) is 0.992. The lowest BCUT2D eigenvalue weighted by Gasteiger charge is -2.28. The number of fused-ring (bicyclic) bond motifs is 1. The van der Waals surface area contributed by atoms with Crippen LogP contribution < -0.4 is 0 Å². The number of benzene rings is 2. The minimum atomic E-state index is -0.397. The number of phenols is 1. The van der Waals surface area contributed by atoms with Gasteiger partial charge in [0.05, 0.1) is 0 Å². The van der Waals surface area contributed by atoms with E-state index in [0.29, 0.717) is 32.5 Å². The second-order valence-corrected chi connectivity index (χ2v) is 7.21. The molecule has 0 aliphatic carbocycles. The number of aryl methyl sites for hydroxylation is 1. The van der Waals surface area contributed by atoms with E-state index >= 15 is 0 Å². The molecule has 0 bridgehead atoms. The number of carbonyl (C=O) groups excluding carboxylic acids is 2. The van der Waals surface area contributed by atoms with Gasteiger partial charge >= 0.3 is 0 Å². The van der Waals surface area contributed by atoms with Crippen molar-refractivity contribution in [3.63, 3.8) is 0 Å². The van der Waals surface area contributed by atoms with Gasteiger partial charge in [0, 0.05) is 26.1 Å². The number of aromatic hydroxyl groups is 1. The van der Waals surface area contributed by atoms with E-state index in [1.54, 1.807) is 21.9 Å². The third kappa shape index (κ3) is 3.05. The minimum absolute atomic E-state index is 0.00125. The van der Waals surface area contributed by atoms with E-state index in [0.717, 1.165) is 16.7 Å². The molecule has 2 heterocycles. The van der Waals surface area contributed by atoms with Crippen LogP contribution >= 0.6 is 0 Å². The van der Waals surface area contributed by atoms with E-state index in [-0.39, 0.29) is 17.6 Å². The summed E-state index contributed by atoms with van der Waals surface area (Å²) in [5.41, 5.74) is 4.25. The van der Waals surface area contributed by atoms with Gasteiger partial charge in [0.15, 0.2) is 0 Å². The van der Waals surface area contributed by atoms with Crippen molar-refractivity contribution in [1.29, 1.82) is 0 Å². The zero-order valence-corrected chi connectivity index (χ0v) is 14.8. The number of likely N-dealkylation sites (tertiary alicyclic amines) is 1. The summed E-state index contributed by atoms with van der Waals surface area (Å²) < 4.78 is 0. The molecule has 2 aromatic carbocycles. The lowest BCUT2D eigenvalue weighted by molar-refractivity contribution is -0.142. The van der Waals surface area contributed by atoms with Crippen LogP contribution in [0.2, 0.25) is 0 Å². The van der Waals surface area contributed by atoms with E-state index in [1.807, 2.05) is 37.3 Å². The van der Waals surface area contributed by atoms with Crippen LogP contribution in [0.3, 0.4) is 0 Å². The monoisotopic (exact) mass is 350 g/mol. The Kier molecular flexibility index (Phi) is 4.15. The fourth-order valence-corrected chi connectivity index (χ4v) is 3.83. The maximum absolute atomic E-state index is 13.1. The molecule has 0 spiro atoms. The maximum atomic E-state index is 13.1. The van der Waals surface area contributed by atoms with Gasteiger partial charge in [-0.05, 0) is 42.2 Å². The number of phenolic OH excluding ortho intramolecular Hbond substituents is 1. The molecule has 26 heavy (non-hydrogen) atoms. The predicted octanol–water partition coefficient (Wildman–Crippen LogP) is 2.73. The molecule has 1 fully saturated rings. The highest BCUT2D eigenvalue weighted by Gasteiger charge is 2.39. The van der Waals surface area contributed by atoms with E-state index in [2.05, 4.69) is 0 Å². The predicted molar refractivity (Wildman–Crippen MR) is 97.1 cm³/mol. The summed E-state index contributed by atoms with van der Waals surface area (Å²) in [5.74, 6) is 0.257. The van der Waals surface area contributed by atoms with Crippen molar-refractivity contribution in [1.82, 2.24) is 9.80 Å². The van der Waals surface area contributed by atoms with Crippen LogP contribution in [0.5, 0.6) is 5.75 Å². The summed E-state index contributed by atoms with van der Waals surface area (Å²) in [6.45, 7) is 3.53. The molecule has 1 saturated heterocycles. The first-order valence-electron chi connectivity index (χ1n) is 8.96. The molecule has 2 aromatic rings. The Hall–Kier alpha value is -2.82. The number of rotatable bonds is 3. The maximum Gasteiger partial charge on any atom is 0.246 e. The second-order valence-electron chi connectivity index (χ2n) is 7.21. The first kappa shape index (κ1) is 16.6. The standard InChI is InChI=1S/C21H22N2O3/c1-14-2-4-15(5-3-14)11-23-19(8-9-20(23)25)21(26)22-12-16-6-7-18(24)10-17(16)13-22/h2-7,10,19,24H,8-9,11-13H2,1H3. The first-order chi connectivity index (χ1) is 12.5. The van der Waals surface area contributed by atoms with E-state index in [1.165, 1.54) is 5.56 Å². The molecule has 1 atom stereocenters. The van der Waals surface area contributed by atoms with Gasteiger partial charge in [0.25, 0.3) is 0 Å². The van der Waals surface area contributed by atoms with Crippen molar-refractivity contribution >= 4 is 11.8 Å². The normalized spacial score (nSPS) is 19.1. The molecule has 2 amide bonds. The van der Waals surface area contributed by atoms with Crippen LogP contribution in [-0.4, -0.2) is 32.8 Å². The average Bonchev–Trinajstić information content (AvgIpc) is 3.20. The smallest absolute Gasteiger partial charge is 0.246 e. The highest BCUT2D eigenvalue weighted by molar-refractivity contribution is 5.91. The lowest BCUT2D eigenvalue weighted by Crippen LogP contribution is -2.44. The number of carbonyl (C=O) groups is 2. The molecule has 1 unspecified atom stereocenters. The second kappa shape index (κ2) is 6.48. The van der Waals surface area contributed by atoms with Gasteiger partial charge in [0.1, 0.15) is 11.8 Å². The molecule has 2 aliphatic heterocycles. The number of amides is 2. The van der Waals surface area contributed by atoms with Crippen molar-refractivity contribution < 1.29 is 14.7 Å². The van der Waals surface area contributed by atoms with Gasteiger partial charge in [-0.1, -0.05) is 35.9 Å². The fraction of sp³-hybridized carbons (Fsp3) is 0.333. The number of nitrogens with zero attached hydrogens (tertiary/aromatic N) is 2. The van der Waals surface area contributed by atoms with Crippen LogP contribution in [0.4, 0.5) is 0 Å². The Balaban J connectivity index is 1.50. The fourth-order valence-electron chi connectivity index (χ4n) is 3.83. The lowest BCUT2D eigenvalue weighted by atomic mass is 10.1. The molecule has 5 heteroatoms. The van der Waals surface area contributed by atoms with Gasteiger partial charge in [0.2, 0.25) is 11.8 Å². The van der Waals surface area contributed by atoms with E-state index in [4.69, 9.17) is 0 Å². The Morgan fingerprint density at radius 3 is 2.62 bits per heavy atom. The Morgan fingerprint density at radius 1 is 1.12 bits per heavy atom. The quantitative estimate of drug-likeness (QED) is 0.926. The SMILES string of the molecule is Cc1ccc(CN2C(=O)CCC2C(=O)N2Cc3ccc(O)cc3C2)cc1. The molecule has 2 aliphatic rings. The highest BCUT2D eigenvalue weighted by atomic mass is 16.3. The van der Waals surface area contributed by atoms with Gasteiger partial charge in [-0.2, -0.15) is 0 Å². The molecular formula is C21H22N2O3. The van der Waals surface area contributed by atoms with Gasteiger partial charge in [-0.25, -0.2) is 0 Å². The van der Waals surface area contributed by atoms with Crippen molar-refractivity contribution in [3.8, 4) is 5.75 Å². The van der Waals surface area contributed by atoms with Crippen LogP contribution in [0.1, 0.15) is 35.1 Å². The molecule has 0 radical (unpaired) electrons. The number of hydrogen-bond donors (Lipinski definition) is 1. The summed E-state index contributed by atoms with van der Waals surface area (Å²) in [7, 11) is 0. The molecular weight excluding hydrogens is 328 g/mol. The van der Waals surface area contributed by atoms with Crippen LogP contribution in [0.25, 0.3) is 0 Å². The molecule has 1 N–H and O–H groups in total. The molecule has 5 nitrogen and oxygen atoms in total. The van der Waals surface area contributed by atoms with Crippen molar-refractivity contribution in [3.05, 3.63) is 64.7 Å². The van der Waals surface area contributed by atoms with Gasteiger partial charge in [-0.3, -0.25) is 9.59 Å². The van der Waals surface area contributed by atoms with E-state index < -0.39 is 6.04 Å². The van der Waals surface area contributed by atoms with Crippen molar-refractivity contribution in [2.24, 2.45) is 0 Å². The first-order valence-corrected chi connectivity index (χ1v) is 8.96. The summed E-state index contributed by atoms with van der Waals surface area (Å²) in [6, 6.07) is 12.9. The zero-order valence-electron chi connectivity index (χ0n) is 14.8. The van der Waals surface area contributed by atoms with Crippen LogP contribution in [-0.2, 0) is 29.2 Å². The molecule has 134 valence electrons. The Bertz CT molecular complexity index is 860. The number of hydrogen-bond acceptors (Lipinski definition) is 3. The molecule has 0 saturated carbocycles. The van der Waals surface area contributed by atoms with Crippen LogP contribution in [0, 0.1) is 6.92 Å². The Labute approximate surface area is 152 Å². The van der Waals surface area contributed by atoms with E-state index in [9.17, 15) is 14.7 Å². The zero-order chi connectivity index (χ0) is 18.3. The Morgan fingerprint density at radius 2 is 1.85 bits per heavy atom. The van der Waals surface area contributed by atoms with Crippen LogP contribution in [0.15, 0.2) is 42.5 Å². The van der Waals surface area contributed by atoms with Gasteiger partial charge in [-0.15, -0.1) is 0 Å². The minimum Gasteiger partial charge on any atom is -0.508 e. The largest absolute Gasteiger partial charge is 0.508 e. The highest BCUT2D eigenvalue weighted by Crippen LogP contribution is 2.30.